The quantitative estimate of drug-likeness (QED) is 0.727. The molecule has 2 radical (unpaired) electrons. The Morgan fingerprint density at radius 1 is 1.44 bits per heavy atom. The molecule has 1 heterocycles. The number of nitrogens with two attached hydrogens (primary N) is 1. The third-order valence-corrected chi connectivity index (χ3v) is 2.43. The molecule has 0 amide bonds. The van der Waals surface area contributed by atoms with Gasteiger partial charge in [-0.15, -0.1) is 0 Å². The number of nitrogens with one attached hydrogen (secondary N) is 1. The summed E-state index contributed by atoms with van der Waals surface area (Å²) in [6.07, 6.45) is 2.16. The predicted molar refractivity (Wildman–Crippen MR) is 63.4 cm³/mol. The van der Waals surface area contributed by atoms with E-state index in [-0.39, 0.29) is 17.1 Å². The van der Waals surface area contributed by atoms with E-state index in [4.69, 9.17) is 10.8 Å². The summed E-state index contributed by atoms with van der Waals surface area (Å²) < 4.78 is 0. The second-order valence-electron chi connectivity index (χ2n) is 3.51. The van der Waals surface area contributed by atoms with Crippen LogP contribution in [0.25, 0.3) is 10.9 Å². The minimum absolute atomic E-state index is 0. The van der Waals surface area contributed by atoms with Crippen molar-refractivity contribution in [1.82, 2.24) is 4.98 Å². The van der Waals surface area contributed by atoms with Crippen molar-refractivity contribution in [2.24, 2.45) is 5.73 Å². The Kier molecular flexibility index (Phi) is 4.12. The van der Waals surface area contributed by atoms with Crippen LogP contribution >= 0.6 is 0 Å². The van der Waals surface area contributed by atoms with Crippen molar-refractivity contribution in [3.05, 3.63) is 36.0 Å². The maximum absolute atomic E-state index is 10.6. The van der Waals surface area contributed by atoms with Crippen LogP contribution in [0.4, 0.5) is 0 Å². The van der Waals surface area contributed by atoms with E-state index >= 15 is 0 Å². The van der Waals surface area contributed by atoms with Gasteiger partial charge in [0.1, 0.15) is 6.04 Å². The smallest absolute Gasteiger partial charge is 0.320 e. The topological polar surface area (TPSA) is 79.1 Å². The summed E-state index contributed by atoms with van der Waals surface area (Å²) in [5, 5.41) is 9.75. The van der Waals surface area contributed by atoms with Crippen LogP contribution in [0.3, 0.4) is 0 Å². The number of aromatic nitrogens is 1. The minimum Gasteiger partial charge on any atom is -0.480 e. The zero-order valence-corrected chi connectivity index (χ0v) is 10.2. The van der Waals surface area contributed by atoms with Gasteiger partial charge in [0.2, 0.25) is 0 Å². The van der Waals surface area contributed by atoms with Crippen LogP contribution < -0.4 is 5.73 Å². The standard InChI is InChI=1S/C11H12N2O2.Se/c12-9(11(14)15)5-7-6-13-10-4-2-1-3-8(7)10;/h1-4,6,9,13H,5,12H2,(H,14,15);. The SMILES string of the molecule is NC(Cc1c[nH]c2ccccc12)C(=O)O.[Se]. The fourth-order valence-electron chi connectivity index (χ4n) is 1.62. The number of fused-ring (bicyclic) bond motifs is 1. The minimum atomic E-state index is -0.972. The Bertz CT molecular complexity index is 495. The van der Waals surface area contributed by atoms with Gasteiger partial charge in [0, 0.05) is 40.6 Å². The molecule has 0 saturated heterocycles. The van der Waals surface area contributed by atoms with Gasteiger partial charge in [-0.05, 0) is 11.6 Å². The van der Waals surface area contributed by atoms with Crippen molar-refractivity contribution in [1.29, 1.82) is 0 Å². The van der Waals surface area contributed by atoms with Gasteiger partial charge in [-0.25, -0.2) is 0 Å². The van der Waals surface area contributed by atoms with Crippen LogP contribution in [0.5, 0.6) is 0 Å². The van der Waals surface area contributed by atoms with E-state index in [1.165, 1.54) is 0 Å². The van der Waals surface area contributed by atoms with Crippen LogP contribution in [0.2, 0.25) is 0 Å². The Morgan fingerprint density at radius 2 is 2.12 bits per heavy atom. The van der Waals surface area contributed by atoms with E-state index in [2.05, 4.69) is 4.98 Å². The number of rotatable bonds is 3. The molecule has 1 atom stereocenters. The summed E-state index contributed by atoms with van der Waals surface area (Å²) in [4.78, 5) is 13.7. The fraction of sp³-hybridized carbons (Fsp3) is 0.182. The molecule has 0 spiro atoms. The van der Waals surface area contributed by atoms with Gasteiger partial charge in [-0.3, -0.25) is 4.79 Å². The number of H-pyrrole nitrogens is 1. The molecule has 0 bridgehead atoms. The average Bonchev–Trinajstić information content (AvgIpc) is 2.62. The van der Waals surface area contributed by atoms with E-state index in [0.29, 0.717) is 6.42 Å². The van der Waals surface area contributed by atoms with E-state index in [0.717, 1.165) is 16.5 Å². The van der Waals surface area contributed by atoms with E-state index in [1.54, 1.807) is 0 Å². The van der Waals surface area contributed by atoms with Gasteiger partial charge in [-0.1, -0.05) is 18.2 Å². The number of aromatic amines is 1. The first-order valence-corrected chi connectivity index (χ1v) is 4.72. The van der Waals surface area contributed by atoms with Crippen LogP contribution in [0, 0.1) is 0 Å². The summed E-state index contributed by atoms with van der Waals surface area (Å²) >= 11 is 0. The van der Waals surface area contributed by atoms with Crippen LogP contribution in [0.15, 0.2) is 30.5 Å². The number of carbonyl (C=O) groups is 1. The molecular formula is C11H12N2O2Se. The first kappa shape index (κ1) is 12.8. The molecule has 1 aromatic heterocycles. The Balaban J connectivity index is 0.00000128. The van der Waals surface area contributed by atoms with E-state index in [1.807, 2.05) is 30.5 Å². The third-order valence-electron chi connectivity index (χ3n) is 2.43. The van der Waals surface area contributed by atoms with Crippen molar-refractivity contribution in [3.63, 3.8) is 0 Å². The van der Waals surface area contributed by atoms with Gasteiger partial charge in [-0.2, -0.15) is 0 Å². The molecule has 2 aromatic rings. The van der Waals surface area contributed by atoms with Crippen LogP contribution in [0.1, 0.15) is 5.56 Å². The largest absolute Gasteiger partial charge is 0.480 e. The van der Waals surface area contributed by atoms with Gasteiger partial charge in [0.15, 0.2) is 0 Å². The molecule has 0 fully saturated rings. The number of para-hydroxylation sites is 1. The number of aliphatic carboxylic acids is 1. The molecule has 5 heteroatoms. The number of carboxylic acids is 1. The summed E-state index contributed by atoms with van der Waals surface area (Å²) in [5.74, 6) is -0.972. The number of hydrogen-bond acceptors (Lipinski definition) is 2. The number of hydrogen-bond donors (Lipinski definition) is 3. The molecule has 16 heavy (non-hydrogen) atoms. The first-order valence-electron chi connectivity index (χ1n) is 4.72. The molecule has 0 saturated carbocycles. The normalized spacial score (nSPS) is 12.1. The maximum Gasteiger partial charge on any atom is 0.320 e. The van der Waals surface area contributed by atoms with Gasteiger partial charge < -0.3 is 15.8 Å². The van der Waals surface area contributed by atoms with Crippen LogP contribution in [-0.4, -0.2) is 39.2 Å². The summed E-state index contributed by atoms with van der Waals surface area (Å²) in [6, 6.07) is 6.91. The molecule has 1 aromatic carbocycles. The molecule has 84 valence electrons. The van der Waals surface area contributed by atoms with Crippen molar-refractivity contribution >= 4 is 33.9 Å². The van der Waals surface area contributed by atoms with Gasteiger partial charge >= 0.3 is 5.97 Å². The summed E-state index contributed by atoms with van der Waals surface area (Å²) in [6.45, 7) is 0. The van der Waals surface area contributed by atoms with E-state index in [9.17, 15) is 4.79 Å². The molecule has 0 aliphatic carbocycles. The average molecular weight is 283 g/mol. The van der Waals surface area contributed by atoms with Crippen LogP contribution in [-0.2, 0) is 11.2 Å². The van der Waals surface area contributed by atoms with Crippen molar-refractivity contribution in [2.45, 2.75) is 12.5 Å². The zero-order valence-electron chi connectivity index (χ0n) is 8.51. The molecule has 4 N–H and O–H groups in total. The number of benzene rings is 1. The molecule has 0 aliphatic rings. The zero-order chi connectivity index (χ0) is 10.8. The fourth-order valence-corrected chi connectivity index (χ4v) is 1.62. The van der Waals surface area contributed by atoms with Gasteiger partial charge in [0.25, 0.3) is 0 Å². The predicted octanol–water partition coefficient (Wildman–Crippen LogP) is 0.742. The Labute approximate surface area is 103 Å². The molecule has 2 rings (SSSR count). The maximum atomic E-state index is 10.6. The molecule has 1 unspecified atom stereocenters. The molecular weight excluding hydrogens is 271 g/mol. The van der Waals surface area contributed by atoms with Crippen molar-refractivity contribution < 1.29 is 9.90 Å². The second kappa shape index (κ2) is 5.16. The van der Waals surface area contributed by atoms with Crippen molar-refractivity contribution in [2.75, 3.05) is 0 Å². The third kappa shape index (κ3) is 2.44. The summed E-state index contributed by atoms with van der Waals surface area (Å²) in [5.41, 5.74) is 7.43. The molecule has 0 aliphatic heterocycles. The summed E-state index contributed by atoms with van der Waals surface area (Å²) in [7, 11) is 0. The Hall–Kier alpha value is -1.29. The monoisotopic (exact) mass is 284 g/mol. The second-order valence-corrected chi connectivity index (χ2v) is 3.51. The molecule has 4 nitrogen and oxygen atoms in total. The van der Waals surface area contributed by atoms with Crippen molar-refractivity contribution in [3.8, 4) is 0 Å². The van der Waals surface area contributed by atoms with Gasteiger partial charge in [0.05, 0.1) is 0 Å². The first-order chi connectivity index (χ1) is 7.18. The number of carboxylic acid groups (broad SMARTS) is 1. The Morgan fingerprint density at radius 3 is 2.81 bits per heavy atom. The van der Waals surface area contributed by atoms with E-state index < -0.39 is 12.0 Å².